The zero-order chi connectivity index (χ0) is 28.1. The highest BCUT2D eigenvalue weighted by Crippen LogP contribution is 2.42. The van der Waals surface area contributed by atoms with Crippen LogP contribution in [-0.2, 0) is 30.8 Å². The van der Waals surface area contributed by atoms with Gasteiger partial charge < -0.3 is 19.3 Å². The van der Waals surface area contributed by atoms with Crippen LogP contribution < -0.4 is 4.72 Å². The molecule has 0 bridgehead atoms. The largest absolute Gasteiger partial charge is 0.392 e. The third-order valence-corrected chi connectivity index (χ3v) is 9.28. The predicted molar refractivity (Wildman–Crippen MR) is 153 cm³/mol. The lowest BCUT2D eigenvalue weighted by molar-refractivity contribution is -0.276. The molecule has 214 valence electrons. The van der Waals surface area contributed by atoms with Crippen molar-refractivity contribution < 1.29 is 27.7 Å². The quantitative estimate of drug-likeness (QED) is 0.361. The summed E-state index contributed by atoms with van der Waals surface area (Å²) in [4.78, 5) is 2.67. The molecule has 2 aliphatic heterocycles. The Balaban J connectivity index is 1.37. The summed E-state index contributed by atoms with van der Waals surface area (Å²) in [7, 11) is -1.94. The molecule has 0 aromatic heterocycles. The number of likely N-dealkylation sites (tertiary alicyclic amines) is 1. The highest BCUT2D eigenvalue weighted by atomic mass is 32.2. The number of anilines is 1. The summed E-state index contributed by atoms with van der Waals surface area (Å²) in [6.45, 7) is 4.64. The topological polar surface area (TPSA) is 97.3 Å². The third-order valence-electron chi connectivity index (χ3n) is 7.88. The van der Waals surface area contributed by atoms with Gasteiger partial charge in [-0.1, -0.05) is 61.5 Å². The number of hydrogen-bond acceptors (Lipinski definition) is 7. The fraction of sp³-hybridized carbons (Fsp3) is 0.419. The van der Waals surface area contributed by atoms with E-state index in [9.17, 15) is 13.5 Å². The number of ether oxygens (including phenoxy) is 3. The monoisotopic (exact) mass is 566 g/mol. The summed E-state index contributed by atoms with van der Waals surface area (Å²) in [5.41, 5.74) is 3.16. The first kappa shape index (κ1) is 28.7. The number of aliphatic hydroxyl groups excluding tert-OH is 1. The van der Waals surface area contributed by atoms with E-state index < -0.39 is 16.3 Å². The number of nitrogens with one attached hydrogen (secondary N) is 1. The van der Waals surface area contributed by atoms with E-state index in [1.54, 1.807) is 49.6 Å². The lowest BCUT2D eigenvalue weighted by Gasteiger charge is -2.43. The van der Waals surface area contributed by atoms with Crippen molar-refractivity contribution in [2.75, 3.05) is 31.5 Å². The van der Waals surface area contributed by atoms with Gasteiger partial charge in [0.15, 0.2) is 6.29 Å². The molecule has 2 aliphatic rings. The van der Waals surface area contributed by atoms with Crippen molar-refractivity contribution in [1.82, 2.24) is 4.90 Å². The van der Waals surface area contributed by atoms with Crippen LogP contribution in [0.25, 0.3) is 0 Å². The molecule has 3 aromatic rings. The minimum atomic E-state index is -3.69. The summed E-state index contributed by atoms with van der Waals surface area (Å²) in [5, 5.41) is 9.50. The number of benzene rings is 3. The Hall–Kier alpha value is -2.79. The lowest BCUT2D eigenvalue weighted by atomic mass is 9.90. The Labute approximate surface area is 236 Å². The number of methoxy groups -OCH3 is 1. The van der Waals surface area contributed by atoms with Crippen molar-refractivity contribution in [2.24, 2.45) is 5.92 Å². The summed E-state index contributed by atoms with van der Waals surface area (Å²) in [6, 6.07) is 23.7. The molecule has 0 spiro atoms. The molecule has 8 nitrogen and oxygen atoms in total. The van der Waals surface area contributed by atoms with E-state index >= 15 is 0 Å². The second kappa shape index (κ2) is 12.8. The maximum absolute atomic E-state index is 12.8. The van der Waals surface area contributed by atoms with Crippen LogP contribution in [0.1, 0.15) is 48.8 Å². The Bertz CT molecular complexity index is 1330. The molecular formula is C31H38N2O6S. The molecule has 2 saturated heterocycles. The molecule has 5 unspecified atom stereocenters. The molecule has 9 heteroatoms. The first-order chi connectivity index (χ1) is 19.4. The van der Waals surface area contributed by atoms with Gasteiger partial charge in [0.25, 0.3) is 10.0 Å². The van der Waals surface area contributed by atoms with Gasteiger partial charge in [0, 0.05) is 36.9 Å². The smallest absolute Gasteiger partial charge is 0.261 e. The lowest BCUT2D eigenvalue weighted by Crippen LogP contribution is -2.46. The maximum atomic E-state index is 12.8. The van der Waals surface area contributed by atoms with Gasteiger partial charge in [0.2, 0.25) is 0 Å². The second-order valence-electron chi connectivity index (χ2n) is 10.6. The number of nitrogens with zero attached hydrogens (tertiary/aromatic N) is 1. The Morgan fingerprint density at radius 1 is 0.975 bits per heavy atom. The van der Waals surface area contributed by atoms with Gasteiger partial charge in [-0.2, -0.15) is 0 Å². The third kappa shape index (κ3) is 6.57. The van der Waals surface area contributed by atoms with E-state index in [4.69, 9.17) is 14.2 Å². The molecule has 0 aliphatic carbocycles. The van der Waals surface area contributed by atoms with Crippen molar-refractivity contribution >= 4 is 15.7 Å². The van der Waals surface area contributed by atoms with E-state index in [1.807, 2.05) is 36.4 Å². The predicted octanol–water partition coefficient (Wildman–Crippen LogP) is 4.88. The number of hydrogen-bond donors (Lipinski definition) is 2. The van der Waals surface area contributed by atoms with Crippen molar-refractivity contribution in [3.63, 3.8) is 0 Å². The number of rotatable bonds is 10. The van der Waals surface area contributed by atoms with Crippen LogP contribution in [0.15, 0.2) is 83.8 Å². The fourth-order valence-electron chi connectivity index (χ4n) is 5.60. The Morgan fingerprint density at radius 2 is 1.68 bits per heavy atom. The van der Waals surface area contributed by atoms with Gasteiger partial charge in [-0.15, -0.1) is 0 Å². The maximum Gasteiger partial charge on any atom is 0.261 e. The highest BCUT2D eigenvalue weighted by molar-refractivity contribution is 7.92. The standard InChI is InChI=1S/C31H38N2O6S/c1-22-29(19-33-18-6-7-27(33)21-37-2)38-31(39-30(22)24-12-10-23(20-34)11-13-24)25-14-16-26(17-15-25)32-40(35,36)28-8-4-3-5-9-28/h3-5,8-17,22,27,29-32,34H,6-7,18-21H2,1-2H3. The van der Waals surface area contributed by atoms with Gasteiger partial charge >= 0.3 is 0 Å². The minimum absolute atomic E-state index is 0.00799. The van der Waals surface area contributed by atoms with Crippen LogP contribution in [0.4, 0.5) is 5.69 Å². The van der Waals surface area contributed by atoms with Crippen LogP contribution in [0.3, 0.4) is 0 Å². The van der Waals surface area contributed by atoms with Crippen molar-refractivity contribution in [1.29, 1.82) is 0 Å². The average Bonchev–Trinajstić information content (AvgIpc) is 3.41. The normalized spacial score (nSPS) is 25.6. The number of sulfonamides is 1. The van der Waals surface area contributed by atoms with Crippen LogP contribution in [-0.4, -0.2) is 57.4 Å². The first-order valence-electron chi connectivity index (χ1n) is 13.8. The first-order valence-corrected chi connectivity index (χ1v) is 15.3. The molecule has 2 N–H and O–H groups in total. The average molecular weight is 567 g/mol. The molecular weight excluding hydrogens is 528 g/mol. The minimum Gasteiger partial charge on any atom is -0.392 e. The van der Waals surface area contributed by atoms with Gasteiger partial charge in [-0.3, -0.25) is 9.62 Å². The summed E-state index contributed by atoms with van der Waals surface area (Å²) >= 11 is 0. The molecule has 5 atom stereocenters. The van der Waals surface area contributed by atoms with E-state index in [0.29, 0.717) is 18.3 Å². The van der Waals surface area contributed by atoms with Gasteiger partial charge in [0.1, 0.15) is 0 Å². The molecule has 0 radical (unpaired) electrons. The zero-order valence-electron chi connectivity index (χ0n) is 23.0. The Morgan fingerprint density at radius 3 is 2.35 bits per heavy atom. The van der Waals surface area contributed by atoms with Crippen LogP contribution in [0.2, 0.25) is 0 Å². The summed E-state index contributed by atoms with van der Waals surface area (Å²) in [5.74, 6) is 0.0805. The molecule has 2 fully saturated rings. The molecule has 0 saturated carbocycles. The van der Waals surface area contributed by atoms with Gasteiger partial charge in [-0.05, 0) is 54.8 Å². The van der Waals surface area contributed by atoms with E-state index in [2.05, 4.69) is 16.5 Å². The van der Waals surface area contributed by atoms with E-state index in [-0.39, 0.29) is 29.6 Å². The van der Waals surface area contributed by atoms with Crippen molar-refractivity contribution in [3.8, 4) is 0 Å². The molecule has 2 heterocycles. The second-order valence-corrected chi connectivity index (χ2v) is 12.3. The summed E-state index contributed by atoms with van der Waals surface area (Å²) in [6.07, 6.45) is 1.33. The fourth-order valence-corrected chi connectivity index (χ4v) is 6.68. The van der Waals surface area contributed by atoms with Gasteiger partial charge in [0.05, 0.1) is 30.3 Å². The van der Waals surface area contributed by atoms with Gasteiger partial charge in [-0.25, -0.2) is 8.42 Å². The van der Waals surface area contributed by atoms with E-state index in [1.165, 1.54) is 0 Å². The highest BCUT2D eigenvalue weighted by Gasteiger charge is 2.40. The van der Waals surface area contributed by atoms with Crippen molar-refractivity contribution in [3.05, 3.63) is 95.6 Å². The van der Waals surface area contributed by atoms with Crippen LogP contribution >= 0.6 is 0 Å². The van der Waals surface area contributed by atoms with Crippen LogP contribution in [0.5, 0.6) is 0 Å². The van der Waals surface area contributed by atoms with Crippen molar-refractivity contribution in [2.45, 2.75) is 55.8 Å². The molecule has 40 heavy (non-hydrogen) atoms. The number of aliphatic hydroxyl groups is 1. The Kier molecular flexibility index (Phi) is 9.20. The summed E-state index contributed by atoms with van der Waals surface area (Å²) < 4.78 is 46.8. The SMILES string of the molecule is COCC1CCCN1CC1OC(c2ccc(NS(=O)(=O)c3ccccc3)cc2)OC(c2ccc(CO)cc2)C1C. The van der Waals surface area contributed by atoms with Crippen LogP contribution in [0, 0.1) is 5.92 Å². The molecule has 0 amide bonds. The molecule has 5 rings (SSSR count). The van der Waals surface area contributed by atoms with E-state index in [0.717, 1.165) is 42.6 Å². The zero-order valence-corrected chi connectivity index (χ0v) is 23.8. The molecule has 3 aromatic carbocycles.